The molecule has 1 aliphatic rings. The molecule has 3 nitrogen and oxygen atoms in total. The summed E-state index contributed by atoms with van der Waals surface area (Å²) in [6.45, 7) is 3.02. The number of rotatable bonds is 5. The number of hydrogen-bond donors (Lipinski definition) is 2. The molecule has 0 spiro atoms. The molecule has 3 unspecified atom stereocenters. The molecular weight excluding hydrogens is 236 g/mol. The lowest BCUT2D eigenvalue weighted by Crippen LogP contribution is -2.42. The number of ether oxygens (including phenoxy) is 1. The molecule has 0 aromatic heterocycles. The summed E-state index contributed by atoms with van der Waals surface area (Å²) in [6.07, 6.45) is 5.17. The molecule has 3 N–H and O–H groups in total. The van der Waals surface area contributed by atoms with Crippen LogP contribution in [0.4, 0.5) is 0 Å². The predicted octanol–water partition coefficient (Wildman–Crippen LogP) is 2.86. The maximum atomic E-state index is 5.89. The van der Waals surface area contributed by atoms with Crippen LogP contribution in [0.2, 0.25) is 0 Å². The van der Waals surface area contributed by atoms with Crippen LogP contribution in [-0.2, 0) is 0 Å². The SMILES string of the molecule is COc1ccc(C(C)NC2CCCCC2CN)cc1. The van der Waals surface area contributed by atoms with Gasteiger partial charge in [0.15, 0.2) is 0 Å². The first-order chi connectivity index (χ1) is 9.24. The highest BCUT2D eigenvalue weighted by Gasteiger charge is 2.25. The Hall–Kier alpha value is -1.06. The number of methoxy groups -OCH3 is 1. The van der Waals surface area contributed by atoms with E-state index in [0.717, 1.165) is 12.3 Å². The fourth-order valence-corrected chi connectivity index (χ4v) is 3.02. The van der Waals surface area contributed by atoms with Crippen LogP contribution in [0.3, 0.4) is 0 Å². The van der Waals surface area contributed by atoms with Crippen molar-refractivity contribution < 1.29 is 4.74 Å². The second-order valence-corrected chi connectivity index (χ2v) is 5.55. The third-order valence-electron chi connectivity index (χ3n) is 4.29. The van der Waals surface area contributed by atoms with Gasteiger partial charge in [-0.3, -0.25) is 0 Å². The van der Waals surface area contributed by atoms with E-state index >= 15 is 0 Å². The van der Waals surface area contributed by atoms with Gasteiger partial charge in [-0.2, -0.15) is 0 Å². The van der Waals surface area contributed by atoms with Gasteiger partial charge in [-0.25, -0.2) is 0 Å². The normalized spacial score (nSPS) is 25.0. The summed E-state index contributed by atoms with van der Waals surface area (Å²) in [6, 6.07) is 9.25. The van der Waals surface area contributed by atoms with Crippen molar-refractivity contribution in [2.45, 2.75) is 44.7 Å². The Morgan fingerprint density at radius 1 is 1.26 bits per heavy atom. The van der Waals surface area contributed by atoms with E-state index in [4.69, 9.17) is 10.5 Å². The van der Waals surface area contributed by atoms with Crippen molar-refractivity contribution in [1.82, 2.24) is 5.32 Å². The largest absolute Gasteiger partial charge is 0.497 e. The zero-order valence-corrected chi connectivity index (χ0v) is 12.1. The second kappa shape index (κ2) is 6.92. The fraction of sp³-hybridized carbons (Fsp3) is 0.625. The highest BCUT2D eigenvalue weighted by molar-refractivity contribution is 5.28. The lowest BCUT2D eigenvalue weighted by Gasteiger charge is -2.34. The van der Waals surface area contributed by atoms with Gasteiger partial charge in [-0.1, -0.05) is 25.0 Å². The molecule has 1 fully saturated rings. The molecule has 1 aromatic carbocycles. The summed E-state index contributed by atoms with van der Waals surface area (Å²) in [7, 11) is 1.70. The van der Waals surface area contributed by atoms with E-state index in [2.05, 4.69) is 24.4 Å². The third-order valence-corrected chi connectivity index (χ3v) is 4.29. The highest BCUT2D eigenvalue weighted by Crippen LogP contribution is 2.26. The van der Waals surface area contributed by atoms with Crippen LogP contribution in [0, 0.1) is 5.92 Å². The average molecular weight is 262 g/mol. The summed E-state index contributed by atoms with van der Waals surface area (Å²) in [5.41, 5.74) is 7.20. The molecule has 1 aliphatic carbocycles. The standard InChI is InChI=1S/C16H26N2O/c1-12(13-7-9-15(19-2)10-8-13)18-16-6-4-3-5-14(16)11-17/h7-10,12,14,16,18H,3-6,11,17H2,1-2H3. The summed E-state index contributed by atoms with van der Waals surface area (Å²) in [5, 5.41) is 3.75. The van der Waals surface area contributed by atoms with Crippen LogP contribution in [-0.4, -0.2) is 19.7 Å². The van der Waals surface area contributed by atoms with Crippen LogP contribution in [0.5, 0.6) is 5.75 Å². The summed E-state index contributed by atoms with van der Waals surface area (Å²) < 4.78 is 5.20. The molecule has 106 valence electrons. The summed E-state index contributed by atoms with van der Waals surface area (Å²) >= 11 is 0. The van der Waals surface area contributed by atoms with Crippen molar-refractivity contribution in [3.05, 3.63) is 29.8 Å². The van der Waals surface area contributed by atoms with Crippen molar-refractivity contribution in [1.29, 1.82) is 0 Å². The van der Waals surface area contributed by atoms with Crippen LogP contribution < -0.4 is 15.8 Å². The zero-order chi connectivity index (χ0) is 13.7. The van der Waals surface area contributed by atoms with Gasteiger partial charge in [0.2, 0.25) is 0 Å². The van der Waals surface area contributed by atoms with Gasteiger partial charge in [0.25, 0.3) is 0 Å². The Bertz CT molecular complexity index is 377. The minimum atomic E-state index is 0.364. The van der Waals surface area contributed by atoms with Crippen molar-refractivity contribution in [2.75, 3.05) is 13.7 Å². The van der Waals surface area contributed by atoms with Crippen molar-refractivity contribution in [3.63, 3.8) is 0 Å². The quantitative estimate of drug-likeness (QED) is 0.858. The van der Waals surface area contributed by atoms with E-state index in [9.17, 15) is 0 Å². The van der Waals surface area contributed by atoms with Crippen LogP contribution in [0.1, 0.15) is 44.2 Å². The molecule has 1 aromatic rings. The maximum absolute atomic E-state index is 5.89. The highest BCUT2D eigenvalue weighted by atomic mass is 16.5. The molecule has 0 amide bonds. The molecule has 3 heteroatoms. The van der Waals surface area contributed by atoms with E-state index < -0.39 is 0 Å². The van der Waals surface area contributed by atoms with Crippen molar-refractivity contribution >= 4 is 0 Å². The second-order valence-electron chi connectivity index (χ2n) is 5.55. The van der Waals surface area contributed by atoms with E-state index in [1.54, 1.807) is 7.11 Å². The van der Waals surface area contributed by atoms with E-state index in [1.807, 2.05) is 12.1 Å². The third kappa shape index (κ3) is 3.71. The lowest BCUT2D eigenvalue weighted by atomic mass is 9.84. The van der Waals surface area contributed by atoms with E-state index in [1.165, 1.54) is 31.2 Å². The molecule has 0 saturated heterocycles. The van der Waals surface area contributed by atoms with Crippen molar-refractivity contribution in [3.8, 4) is 5.75 Å². The van der Waals surface area contributed by atoms with Crippen molar-refractivity contribution in [2.24, 2.45) is 11.7 Å². The van der Waals surface area contributed by atoms with Crippen LogP contribution >= 0.6 is 0 Å². The molecule has 0 heterocycles. The minimum absolute atomic E-state index is 0.364. The zero-order valence-electron chi connectivity index (χ0n) is 12.1. The number of benzene rings is 1. The number of nitrogens with two attached hydrogens (primary N) is 1. The molecule has 19 heavy (non-hydrogen) atoms. The molecule has 2 rings (SSSR count). The average Bonchev–Trinajstić information content (AvgIpc) is 2.48. The van der Waals surface area contributed by atoms with Gasteiger partial charge in [0.05, 0.1) is 7.11 Å². The molecule has 0 bridgehead atoms. The first kappa shape index (κ1) is 14.4. The maximum Gasteiger partial charge on any atom is 0.118 e. The molecular formula is C16H26N2O. The predicted molar refractivity (Wildman–Crippen MR) is 79.3 cm³/mol. The van der Waals surface area contributed by atoms with E-state index in [-0.39, 0.29) is 0 Å². The monoisotopic (exact) mass is 262 g/mol. The Labute approximate surface area is 116 Å². The number of nitrogens with one attached hydrogen (secondary N) is 1. The first-order valence-corrected chi connectivity index (χ1v) is 7.34. The summed E-state index contributed by atoms with van der Waals surface area (Å²) in [5.74, 6) is 1.54. The number of hydrogen-bond acceptors (Lipinski definition) is 3. The molecule has 1 saturated carbocycles. The summed E-state index contributed by atoms with van der Waals surface area (Å²) in [4.78, 5) is 0. The van der Waals surface area contributed by atoms with Crippen LogP contribution in [0.25, 0.3) is 0 Å². The van der Waals surface area contributed by atoms with E-state index in [0.29, 0.717) is 18.0 Å². The topological polar surface area (TPSA) is 47.3 Å². The fourth-order valence-electron chi connectivity index (χ4n) is 3.02. The lowest BCUT2D eigenvalue weighted by molar-refractivity contribution is 0.252. The minimum Gasteiger partial charge on any atom is -0.497 e. The van der Waals surface area contributed by atoms with Gasteiger partial charge >= 0.3 is 0 Å². The Balaban J connectivity index is 1.96. The first-order valence-electron chi connectivity index (χ1n) is 7.34. The molecule has 0 aliphatic heterocycles. The van der Waals surface area contributed by atoms with Gasteiger partial charge in [-0.15, -0.1) is 0 Å². The van der Waals surface area contributed by atoms with Gasteiger partial charge < -0.3 is 15.8 Å². The Kier molecular flexibility index (Phi) is 5.23. The van der Waals surface area contributed by atoms with Gasteiger partial charge in [0, 0.05) is 12.1 Å². The Morgan fingerprint density at radius 3 is 2.58 bits per heavy atom. The van der Waals surface area contributed by atoms with Crippen LogP contribution in [0.15, 0.2) is 24.3 Å². The smallest absolute Gasteiger partial charge is 0.118 e. The van der Waals surface area contributed by atoms with Gasteiger partial charge in [-0.05, 0) is 49.9 Å². The Morgan fingerprint density at radius 2 is 1.95 bits per heavy atom. The molecule has 0 radical (unpaired) electrons. The molecule has 3 atom stereocenters. The van der Waals surface area contributed by atoms with Gasteiger partial charge in [0.1, 0.15) is 5.75 Å².